The first kappa shape index (κ1) is 47.1. The van der Waals surface area contributed by atoms with Gasteiger partial charge in [0.2, 0.25) is 0 Å². The predicted octanol–water partition coefficient (Wildman–Crippen LogP) is 1.84. The van der Waals surface area contributed by atoms with Crippen LogP contribution in [0.4, 0.5) is 19.2 Å². The van der Waals surface area contributed by atoms with Crippen molar-refractivity contribution in [3.05, 3.63) is 0 Å². The highest BCUT2D eigenvalue weighted by molar-refractivity contribution is 5.75. The highest BCUT2D eigenvalue weighted by atomic mass is 16.6. The SMILES string of the molecule is C.NC(=O)OCCCCCC(=O)OCC(COC(=O)CCCCCOC(N)=O)(COC(=O)CCCCCOC(N)=O)COC(=O)COC(N)=O. The number of hydrogen-bond acceptors (Lipinski definition) is 16. The number of amides is 4. The topological polar surface area (TPSA) is 314 Å². The van der Waals surface area contributed by atoms with Gasteiger partial charge in [-0.05, 0) is 57.8 Å². The lowest BCUT2D eigenvalue weighted by Gasteiger charge is -2.31. The minimum absolute atomic E-state index is 0. The maximum Gasteiger partial charge on any atom is 0.405 e. The van der Waals surface area contributed by atoms with Crippen LogP contribution < -0.4 is 22.9 Å². The minimum Gasteiger partial charge on any atom is -0.465 e. The van der Waals surface area contributed by atoms with Gasteiger partial charge in [0.1, 0.15) is 31.8 Å². The van der Waals surface area contributed by atoms with Gasteiger partial charge in [0.05, 0.1) is 19.8 Å². The first-order valence-corrected chi connectivity index (χ1v) is 15.6. The summed E-state index contributed by atoms with van der Waals surface area (Å²) in [4.78, 5) is 92.8. The van der Waals surface area contributed by atoms with Crippen LogP contribution >= 0.6 is 0 Å². The van der Waals surface area contributed by atoms with E-state index in [0.29, 0.717) is 57.8 Å². The third-order valence-electron chi connectivity index (χ3n) is 6.30. The number of carbonyl (C=O) groups excluding carboxylic acids is 8. The molecule has 0 bridgehead atoms. The normalized spacial score (nSPS) is 10.4. The Morgan fingerprint density at radius 3 is 0.920 bits per heavy atom. The van der Waals surface area contributed by atoms with Crippen molar-refractivity contribution in [1.82, 2.24) is 0 Å². The number of ether oxygens (including phenoxy) is 8. The second kappa shape index (κ2) is 28.9. The van der Waals surface area contributed by atoms with E-state index in [2.05, 4.69) is 18.9 Å². The van der Waals surface area contributed by atoms with E-state index in [-0.39, 0.29) is 46.5 Å². The Morgan fingerprint density at radius 1 is 0.360 bits per heavy atom. The highest BCUT2D eigenvalue weighted by Gasteiger charge is 2.38. The Morgan fingerprint density at radius 2 is 0.640 bits per heavy atom. The molecule has 0 atom stereocenters. The maximum absolute atomic E-state index is 12.6. The molecule has 0 aromatic carbocycles. The molecule has 0 heterocycles. The van der Waals surface area contributed by atoms with E-state index < -0.39 is 86.7 Å². The molecule has 4 amide bonds. The third kappa shape index (κ3) is 29.1. The summed E-state index contributed by atoms with van der Waals surface area (Å²) >= 11 is 0. The number of unbranched alkanes of at least 4 members (excludes halogenated alkanes) is 6. The summed E-state index contributed by atoms with van der Waals surface area (Å²) in [6.45, 7) is -2.75. The van der Waals surface area contributed by atoms with E-state index in [1.54, 1.807) is 0 Å². The van der Waals surface area contributed by atoms with Crippen molar-refractivity contribution in [2.75, 3.05) is 52.9 Å². The van der Waals surface area contributed by atoms with Gasteiger partial charge in [-0.1, -0.05) is 7.43 Å². The molecule has 0 aromatic heterocycles. The summed E-state index contributed by atoms with van der Waals surface area (Å²) in [5.74, 6) is -3.05. The smallest absolute Gasteiger partial charge is 0.405 e. The van der Waals surface area contributed by atoms with E-state index in [0.717, 1.165) is 0 Å². The molecule has 0 radical (unpaired) electrons. The fourth-order valence-electron chi connectivity index (χ4n) is 3.74. The van der Waals surface area contributed by atoms with Crippen LogP contribution in [-0.2, 0) is 57.1 Å². The molecule has 8 N–H and O–H groups in total. The van der Waals surface area contributed by atoms with Crippen molar-refractivity contribution >= 4 is 48.3 Å². The van der Waals surface area contributed by atoms with Gasteiger partial charge in [-0.25, -0.2) is 24.0 Å². The summed E-state index contributed by atoms with van der Waals surface area (Å²) in [6, 6.07) is 0. The monoisotopic (exact) mass is 724 g/mol. The summed E-state index contributed by atoms with van der Waals surface area (Å²) in [5.41, 5.74) is 18.0. The van der Waals surface area contributed by atoms with Crippen LogP contribution in [0.1, 0.15) is 84.5 Å². The van der Waals surface area contributed by atoms with Crippen LogP contribution in [0.3, 0.4) is 0 Å². The Bertz CT molecular complexity index is 969. The molecule has 0 saturated carbocycles. The molecule has 0 aliphatic carbocycles. The molecule has 0 fully saturated rings. The number of hydrogen-bond donors (Lipinski definition) is 4. The van der Waals surface area contributed by atoms with Gasteiger partial charge in [-0.15, -0.1) is 0 Å². The first-order chi connectivity index (χ1) is 23.2. The lowest BCUT2D eigenvalue weighted by atomic mass is 9.92. The highest BCUT2D eigenvalue weighted by Crippen LogP contribution is 2.23. The van der Waals surface area contributed by atoms with E-state index in [9.17, 15) is 38.4 Å². The van der Waals surface area contributed by atoms with E-state index >= 15 is 0 Å². The standard InChI is InChI=1S/C29H48N4O16.CH4/c30-25(38)42-13-7-1-4-10-21(34)46-17-29(20-49-24(37)16-45-28(33)41,18-47-22(35)11-5-2-8-14-43-26(31)39)19-48-23(36)12-6-3-9-15-44-27(32)40;/h1-20H2,(H2,30,38)(H2,31,39)(H2,32,40)(H2,33,41);1H4. The van der Waals surface area contributed by atoms with Crippen molar-refractivity contribution in [3.63, 3.8) is 0 Å². The van der Waals surface area contributed by atoms with Gasteiger partial charge in [0, 0.05) is 19.3 Å². The Balaban J connectivity index is 0. The summed E-state index contributed by atoms with van der Waals surface area (Å²) < 4.78 is 39.7. The van der Waals surface area contributed by atoms with Crippen molar-refractivity contribution in [3.8, 4) is 0 Å². The minimum atomic E-state index is -1.58. The van der Waals surface area contributed by atoms with E-state index in [1.165, 1.54) is 0 Å². The molecular formula is C30H52N4O16. The van der Waals surface area contributed by atoms with Gasteiger partial charge in [-0.3, -0.25) is 14.4 Å². The van der Waals surface area contributed by atoms with Crippen LogP contribution in [0, 0.1) is 5.41 Å². The van der Waals surface area contributed by atoms with E-state index in [4.69, 9.17) is 41.9 Å². The Kier molecular flexibility index (Phi) is 27.2. The van der Waals surface area contributed by atoms with Gasteiger partial charge in [-0.2, -0.15) is 0 Å². The fourth-order valence-corrected chi connectivity index (χ4v) is 3.74. The van der Waals surface area contributed by atoms with E-state index in [1.807, 2.05) is 0 Å². The average molecular weight is 725 g/mol. The summed E-state index contributed by atoms with van der Waals surface area (Å²) in [7, 11) is 0. The summed E-state index contributed by atoms with van der Waals surface area (Å²) in [5, 5.41) is 0. The molecule has 288 valence electrons. The number of rotatable bonds is 28. The molecule has 0 spiro atoms. The van der Waals surface area contributed by atoms with Gasteiger partial charge < -0.3 is 60.8 Å². The fraction of sp³-hybridized carbons (Fsp3) is 0.733. The quantitative estimate of drug-likeness (QED) is 0.0508. The van der Waals surface area contributed by atoms with Crippen LogP contribution in [0.2, 0.25) is 0 Å². The first-order valence-electron chi connectivity index (χ1n) is 15.6. The van der Waals surface area contributed by atoms with Crippen LogP contribution in [-0.4, -0.2) is 101 Å². The molecule has 0 aromatic rings. The maximum atomic E-state index is 12.6. The molecule has 0 rings (SSSR count). The van der Waals surface area contributed by atoms with Crippen LogP contribution in [0.25, 0.3) is 0 Å². The number of primary amides is 4. The zero-order chi connectivity index (χ0) is 36.9. The molecular weight excluding hydrogens is 672 g/mol. The van der Waals surface area contributed by atoms with Gasteiger partial charge >= 0.3 is 48.3 Å². The largest absolute Gasteiger partial charge is 0.465 e. The Hall–Kier alpha value is -5.04. The van der Waals surface area contributed by atoms with Crippen LogP contribution in [0.5, 0.6) is 0 Å². The molecule has 0 aliphatic heterocycles. The van der Waals surface area contributed by atoms with Crippen molar-refractivity contribution < 1.29 is 76.3 Å². The Labute approximate surface area is 290 Å². The predicted molar refractivity (Wildman–Crippen MR) is 171 cm³/mol. The number of esters is 4. The average Bonchev–Trinajstić information content (AvgIpc) is 3.03. The summed E-state index contributed by atoms with van der Waals surface area (Å²) in [6.07, 6.45) is -0.142. The molecule has 20 heteroatoms. The zero-order valence-electron chi connectivity index (χ0n) is 27.5. The molecule has 20 nitrogen and oxygen atoms in total. The van der Waals surface area contributed by atoms with Gasteiger partial charge in [0.15, 0.2) is 6.61 Å². The second-order valence-electron chi connectivity index (χ2n) is 10.7. The molecule has 50 heavy (non-hydrogen) atoms. The second-order valence-corrected chi connectivity index (χ2v) is 10.7. The lowest BCUT2D eigenvalue weighted by molar-refractivity contribution is -0.171. The zero-order valence-corrected chi connectivity index (χ0v) is 27.5. The van der Waals surface area contributed by atoms with Crippen molar-refractivity contribution in [2.24, 2.45) is 28.3 Å². The lowest BCUT2D eigenvalue weighted by Crippen LogP contribution is -2.44. The molecule has 0 saturated heterocycles. The number of nitrogens with two attached hydrogens (primary N) is 4. The van der Waals surface area contributed by atoms with Crippen molar-refractivity contribution in [2.45, 2.75) is 84.5 Å². The van der Waals surface area contributed by atoms with Gasteiger partial charge in [0.25, 0.3) is 0 Å². The molecule has 0 aliphatic rings. The molecule has 0 unspecified atom stereocenters. The van der Waals surface area contributed by atoms with Crippen molar-refractivity contribution in [1.29, 1.82) is 0 Å². The number of carbonyl (C=O) groups is 8. The third-order valence-corrected chi connectivity index (χ3v) is 6.30. The van der Waals surface area contributed by atoms with Crippen LogP contribution in [0.15, 0.2) is 0 Å².